The fourth-order valence-electron chi connectivity index (χ4n) is 4.21. The summed E-state index contributed by atoms with van der Waals surface area (Å²) in [6.45, 7) is 2.41. The average Bonchev–Trinajstić information content (AvgIpc) is 3.47. The Morgan fingerprint density at radius 2 is 1.97 bits per heavy atom. The zero-order chi connectivity index (χ0) is 21.6. The fourth-order valence-corrected chi connectivity index (χ4v) is 4.21. The highest BCUT2D eigenvalue weighted by Crippen LogP contribution is 2.48. The first kappa shape index (κ1) is 21.3. The number of carbonyl (C=O) groups is 1. The van der Waals surface area contributed by atoms with Gasteiger partial charge in [-0.2, -0.15) is 0 Å². The fraction of sp³-hybridized carbons (Fsp3) is 0.346. The van der Waals surface area contributed by atoms with Crippen LogP contribution >= 0.6 is 0 Å². The molecule has 162 valence electrons. The van der Waals surface area contributed by atoms with E-state index in [1.54, 1.807) is 19.2 Å². The van der Waals surface area contributed by atoms with Crippen molar-refractivity contribution in [3.8, 4) is 0 Å². The van der Waals surface area contributed by atoms with Gasteiger partial charge in [-0.15, -0.1) is 0 Å². The van der Waals surface area contributed by atoms with Crippen LogP contribution in [0.15, 0.2) is 72.9 Å². The average molecular weight is 421 g/mol. The Labute approximate surface area is 183 Å². The summed E-state index contributed by atoms with van der Waals surface area (Å²) in [4.78, 5) is 15.3. The van der Waals surface area contributed by atoms with E-state index < -0.39 is 0 Å². The molecule has 5 heteroatoms. The molecular weight excluding hydrogens is 391 g/mol. The number of amides is 1. The molecule has 0 saturated heterocycles. The number of nitrogens with zero attached hydrogens (tertiary/aromatic N) is 2. The van der Waals surface area contributed by atoms with Crippen LogP contribution in [0, 0.1) is 11.7 Å². The van der Waals surface area contributed by atoms with Crippen molar-refractivity contribution in [2.75, 3.05) is 20.3 Å². The van der Waals surface area contributed by atoms with Crippen molar-refractivity contribution in [1.29, 1.82) is 0 Å². The molecular formula is C26H29FN2O2. The van der Waals surface area contributed by atoms with E-state index in [0.29, 0.717) is 32.2 Å². The molecule has 1 aromatic heterocycles. The van der Waals surface area contributed by atoms with Crippen LogP contribution in [-0.4, -0.2) is 35.6 Å². The van der Waals surface area contributed by atoms with Gasteiger partial charge in [0.15, 0.2) is 0 Å². The molecule has 0 spiro atoms. The summed E-state index contributed by atoms with van der Waals surface area (Å²) < 4.78 is 20.9. The van der Waals surface area contributed by atoms with E-state index in [1.807, 2.05) is 47.5 Å². The van der Waals surface area contributed by atoms with Gasteiger partial charge >= 0.3 is 0 Å². The highest BCUT2D eigenvalue weighted by Gasteiger charge is 2.45. The zero-order valence-electron chi connectivity index (χ0n) is 17.9. The molecule has 2 aromatic carbocycles. The molecule has 1 fully saturated rings. The van der Waals surface area contributed by atoms with Gasteiger partial charge < -0.3 is 14.2 Å². The first-order valence-electron chi connectivity index (χ1n) is 10.9. The smallest absolute Gasteiger partial charge is 0.226 e. The van der Waals surface area contributed by atoms with E-state index in [9.17, 15) is 9.18 Å². The Hall–Kier alpha value is -2.92. The van der Waals surface area contributed by atoms with Crippen molar-refractivity contribution in [1.82, 2.24) is 9.47 Å². The second-order valence-corrected chi connectivity index (χ2v) is 8.22. The number of carbonyl (C=O) groups excluding carboxylic acids is 1. The predicted molar refractivity (Wildman–Crippen MR) is 119 cm³/mol. The highest BCUT2D eigenvalue weighted by atomic mass is 19.1. The molecule has 2 unspecified atom stereocenters. The lowest BCUT2D eigenvalue weighted by molar-refractivity contribution is -0.133. The van der Waals surface area contributed by atoms with Crippen LogP contribution in [0.25, 0.3) is 0 Å². The van der Waals surface area contributed by atoms with Crippen LogP contribution < -0.4 is 0 Å². The first-order chi connectivity index (χ1) is 15.2. The summed E-state index contributed by atoms with van der Waals surface area (Å²) >= 11 is 0. The Balaban J connectivity index is 1.46. The summed E-state index contributed by atoms with van der Waals surface area (Å²) in [6, 6.07) is 21.0. The van der Waals surface area contributed by atoms with E-state index in [-0.39, 0.29) is 17.6 Å². The normalized spacial score (nSPS) is 17.5. The Morgan fingerprint density at radius 3 is 2.74 bits per heavy atom. The van der Waals surface area contributed by atoms with Gasteiger partial charge in [0.25, 0.3) is 0 Å². The Bertz CT molecular complexity index is 1000. The van der Waals surface area contributed by atoms with Gasteiger partial charge in [-0.3, -0.25) is 4.79 Å². The van der Waals surface area contributed by atoms with E-state index >= 15 is 0 Å². The first-order valence-corrected chi connectivity index (χ1v) is 10.9. The summed E-state index contributed by atoms with van der Waals surface area (Å²) in [5.41, 5.74) is 3.19. The molecule has 0 N–H and O–H groups in total. The quantitative estimate of drug-likeness (QED) is 0.440. The molecule has 0 bridgehead atoms. The number of hydrogen-bond acceptors (Lipinski definition) is 2. The number of methoxy groups -OCH3 is 1. The maximum atomic E-state index is 13.6. The lowest BCUT2D eigenvalue weighted by atomic mass is 10.1. The highest BCUT2D eigenvalue weighted by molar-refractivity contribution is 5.83. The van der Waals surface area contributed by atoms with Crippen LogP contribution in [0.1, 0.15) is 35.6 Å². The largest absolute Gasteiger partial charge is 0.385 e. The number of hydrogen-bond donors (Lipinski definition) is 0. The van der Waals surface area contributed by atoms with Gasteiger partial charge in [0.2, 0.25) is 5.91 Å². The SMILES string of the molecule is COCCCN(Cc1cccn1Cc1cccc(F)c1)C(=O)C1CC1c1ccccc1. The minimum Gasteiger partial charge on any atom is -0.385 e. The van der Waals surface area contributed by atoms with Crippen molar-refractivity contribution in [3.05, 3.63) is 95.6 Å². The third kappa shape index (κ3) is 5.42. The van der Waals surface area contributed by atoms with Crippen molar-refractivity contribution in [3.63, 3.8) is 0 Å². The van der Waals surface area contributed by atoms with Crippen molar-refractivity contribution < 1.29 is 13.9 Å². The van der Waals surface area contributed by atoms with Gasteiger partial charge in [0.05, 0.1) is 6.54 Å². The predicted octanol–water partition coefficient (Wildman–Crippen LogP) is 4.84. The number of ether oxygens (including phenoxy) is 1. The minimum absolute atomic E-state index is 0.0524. The van der Waals surface area contributed by atoms with Crippen LogP contribution in [0.5, 0.6) is 0 Å². The lowest BCUT2D eigenvalue weighted by Gasteiger charge is -2.24. The molecule has 31 heavy (non-hydrogen) atoms. The molecule has 3 aromatic rings. The van der Waals surface area contributed by atoms with Crippen molar-refractivity contribution in [2.45, 2.75) is 31.8 Å². The van der Waals surface area contributed by atoms with Crippen LogP contribution in [-0.2, 0) is 22.6 Å². The van der Waals surface area contributed by atoms with Gasteiger partial charge in [0.1, 0.15) is 5.82 Å². The summed E-state index contributed by atoms with van der Waals surface area (Å²) in [5.74, 6) is 0.348. The summed E-state index contributed by atoms with van der Waals surface area (Å²) in [6.07, 6.45) is 3.70. The Morgan fingerprint density at radius 1 is 1.13 bits per heavy atom. The van der Waals surface area contributed by atoms with Crippen molar-refractivity contribution >= 4 is 5.91 Å². The topological polar surface area (TPSA) is 34.5 Å². The summed E-state index contributed by atoms with van der Waals surface area (Å²) in [7, 11) is 1.68. The molecule has 4 nitrogen and oxygen atoms in total. The van der Waals surface area contributed by atoms with Gasteiger partial charge in [0, 0.05) is 44.6 Å². The van der Waals surface area contributed by atoms with Crippen LogP contribution in [0.4, 0.5) is 4.39 Å². The molecule has 2 atom stereocenters. The van der Waals surface area contributed by atoms with Gasteiger partial charge in [-0.05, 0) is 54.2 Å². The molecule has 1 heterocycles. The minimum atomic E-state index is -0.233. The molecule has 1 aliphatic carbocycles. The maximum Gasteiger partial charge on any atom is 0.226 e. The maximum absolute atomic E-state index is 13.6. The number of halogens is 1. The third-order valence-corrected chi connectivity index (χ3v) is 5.94. The second kappa shape index (κ2) is 9.92. The molecule has 1 saturated carbocycles. The molecule has 0 aliphatic heterocycles. The lowest BCUT2D eigenvalue weighted by Crippen LogP contribution is -2.34. The number of aromatic nitrogens is 1. The number of benzene rings is 2. The third-order valence-electron chi connectivity index (χ3n) is 5.94. The van der Waals surface area contributed by atoms with Gasteiger partial charge in [-0.25, -0.2) is 4.39 Å². The monoisotopic (exact) mass is 420 g/mol. The molecule has 1 amide bonds. The van der Waals surface area contributed by atoms with E-state index in [2.05, 4.69) is 16.7 Å². The molecule has 0 radical (unpaired) electrons. The second-order valence-electron chi connectivity index (χ2n) is 8.22. The van der Waals surface area contributed by atoms with Crippen molar-refractivity contribution in [2.24, 2.45) is 5.92 Å². The standard InChI is InChI=1S/C26H29FN2O2/c1-31-15-7-14-29(26(30)25-17-24(25)21-9-3-2-4-10-21)19-23-12-6-13-28(23)18-20-8-5-11-22(27)16-20/h2-6,8-13,16,24-25H,7,14-15,17-19H2,1H3. The summed E-state index contributed by atoms with van der Waals surface area (Å²) in [5, 5.41) is 0. The van der Waals surface area contributed by atoms with E-state index in [1.165, 1.54) is 11.6 Å². The zero-order valence-corrected chi connectivity index (χ0v) is 17.9. The molecule has 1 aliphatic rings. The molecule has 4 rings (SSSR count). The van der Waals surface area contributed by atoms with Crippen LogP contribution in [0.3, 0.4) is 0 Å². The number of rotatable bonds is 10. The Kier molecular flexibility index (Phi) is 6.82. The van der Waals surface area contributed by atoms with E-state index in [0.717, 1.165) is 24.1 Å². The van der Waals surface area contributed by atoms with E-state index in [4.69, 9.17) is 4.74 Å². The van der Waals surface area contributed by atoms with Crippen LogP contribution in [0.2, 0.25) is 0 Å². The van der Waals surface area contributed by atoms with Gasteiger partial charge in [-0.1, -0.05) is 42.5 Å².